The molecule has 0 aliphatic heterocycles. The highest BCUT2D eigenvalue weighted by Crippen LogP contribution is 2.20. The molecule has 25 heavy (non-hydrogen) atoms. The van der Waals surface area contributed by atoms with Crippen molar-refractivity contribution in [2.75, 3.05) is 34.7 Å². The molecule has 0 amide bonds. The van der Waals surface area contributed by atoms with Crippen molar-refractivity contribution in [3.63, 3.8) is 0 Å². The predicted octanol–water partition coefficient (Wildman–Crippen LogP) is 3.42. The fraction of sp³-hybridized carbons (Fsp3) is 0.444. The number of hydrogen-bond donors (Lipinski definition) is 1. The van der Waals surface area contributed by atoms with E-state index in [-0.39, 0.29) is 6.04 Å². The van der Waals surface area contributed by atoms with E-state index in [0.717, 1.165) is 34.8 Å². The average molecular weight is 380 g/mol. The highest BCUT2D eigenvalue weighted by molar-refractivity contribution is 7.09. The van der Waals surface area contributed by atoms with Gasteiger partial charge in [0.1, 0.15) is 0 Å². The molecule has 0 aliphatic rings. The maximum absolute atomic E-state index is 6.01. The fourth-order valence-corrected chi connectivity index (χ4v) is 3.38. The maximum Gasteiger partial charge on any atom is 0.193 e. The normalized spacial score (nSPS) is 13.2. The Morgan fingerprint density at radius 2 is 1.96 bits per heavy atom. The molecular formula is C18H26ClN5S. The van der Waals surface area contributed by atoms with Gasteiger partial charge in [0.2, 0.25) is 0 Å². The molecule has 0 radical (unpaired) electrons. The Bertz CT molecular complexity index is 696. The predicted molar refractivity (Wildman–Crippen MR) is 108 cm³/mol. The van der Waals surface area contributed by atoms with Crippen molar-refractivity contribution >= 4 is 28.9 Å². The van der Waals surface area contributed by atoms with Crippen LogP contribution in [0.2, 0.25) is 5.02 Å². The van der Waals surface area contributed by atoms with E-state index in [1.54, 1.807) is 18.4 Å². The number of likely N-dealkylation sites (N-methyl/N-ethyl adjacent to an activating group) is 1. The van der Waals surface area contributed by atoms with E-state index >= 15 is 0 Å². The van der Waals surface area contributed by atoms with Crippen molar-refractivity contribution in [2.24, 2.45) is 4.99 Å². The van der Waals surface area contributed by atoms with Crippen LogP contribution >= 0.6 is 22.9 Å². The van der Waals surface area contributed by atoms with Gasteiger partial charge in [0.25, 0.3) is 0 Å². The molecule has 5 nitrogen and oxygen atoms in total. The molecule has 2 rings (SSSR count). The minimum Gasteiger partial charge on any atom is -0.354 e. The van der Waals surface area contributed by atoms with E-state index in [1.165, 1.54) is 5.56 Å². The van der Waals surface area contributed by atoms with Crippen molar-refractivity contribution in [1.29, 1.82) is 0 Å². The smallest absolute Gasteiger partial charge is 0.193 e. The van der Waals surface area contributed by atoms with Crippen molar-refractivity contribution in [2.45, 2.75) is 19.5 Å². The molecule has 0 fully saturated rings. The number of benzene rings is 1. The van der Waals surface area contributed by atoms with Crippen LogP contribution in [0.5, 0.6) is 0 Å². The van der Waals surface area contributed by atoms with Gasteiger partial charge in [0, 0.05) is 31.0 Å². The molecule has 1 atom stereocenters. The highest BCUT2D eigenvalue weighted by Gasteiger charge is 2.16. The van der Waals surface area contributed by atoms with Crippen LogP contribution < -0.4 is 5.32 Å². The first-order valence-corrected chi connectivity index (χ1v) is 9.41. The number of nitrogens with one attached hydrogen (secondary N) is 1. The van der Waals surface area contributed by atoms with Gasteiger partial charge in [-0.15, -0.1) is 11.3 Å². The van der Waals surface area contributed by atoms with Gasteiger partial charge in [-0.25, -0.2) is 4.98 Å². The highest BCUT2D eigenvalue weighted by atomic mass is 35.5. The second-order valence-corrected chi connectivity index (χ2v) is 7.67. The monoisotopic (exact) mass is 379 g/mol. The molecule has 1 unspecified atom stereocenters. The Hall–Kier alpha value is -1.63. The summed E-state index contributed by atoms with van der Waals surface area (Å²) in [5.41, 5.74) is 2.28. The van der Waals surface area contributed by atoms with Crippen LogP contribution in [0.4, 0.5) is 0 Å². The van der Waals surface area contributed by atoms with Gasteiger partial charge in [-0.05, 0) is 38.7 Å². The number of guanidine groups is 1. The number of thiazole rings is 1. The molecule has 1 aromatic heterocycles. The summed E-state index contributed by atoms with van der Waals surface area (Å²) in [5, 5.41) is 7.40. The minimum absolute atomic E-state index is 0.226. The lowest BCUT2D eigenvalue weighted by Crippen LogP contribution is -2.42. The number of halogens is 1. The molecule has 1 aromatic carbocycles. The van der Waals surface area contributed by atoms with Crippen LogP contribution in [0.15, 0.2) is 34.6 Å². The van der Waals surface area contributed by atoms with Gasteiger partial charge in [-0.1, -0.05) is 23.7 Å². The summed E-state index contributed by atoms with van der Waals surface area (Å²) in [6, 6.07) is 8.22. The number of hydrogen-bond acceptors (Lipinski definition) is 4. The molecule has 0 bridgehead atoms. The SMILES string of the molecule is CN=C(NCC(c1ccc(Cl)cc1)N(C)C)N(C)Cc1csc(C)n1. The van der Waals surface area contributed by atoms with Gasteiger partial charge in [0.15, 0.2) is 5.96 Å². The van der Waals surface area contributed by atoms with E-state index < -0.39 is 0 Å². The topological polar surface area (TPSA) is 43.8 Å². The molecule has 0 aliphatic carbocycles. The summed E-state index contributed by atoms with van der Waals surface area (Å²) in [4.78, 5) is 13.2. The number of aliphatic imine (C=N–C) groups is 1. The van der Waals surface area contributed by atoms with Crippen LogP contribution in [0, 0.1) is 6.92 Å². The molecule has 0 saturated carbocycles. The lowest BCUT2D eigenvalue weighted by Gasteiger charge is -2.28. The lowest BCUT2D eigenvalue weighted by molar-refractivity contribution is 0.295. The summed E-state index contributed by atoms with van der Waals surface area (Å²) in [5.74, 6) is 0.853. The van der Waals surface area contributed by atoms with E-state index in [4.69, 9.17) is 11.6 Å². The van der Waals surface area contributed by atoms with E-state index in [2.05, 4.69) is 56.7 Å². The Balaban J connectivity index is 2.00. The summed E-state index contributed by atoms with van der Waals surface area (Å²) < 4.78 is 0. The van der Waals surface area contributed by atoms with Crippen LogP contribution in [-0.4, -0.2) is 55.5 Å². The van der Waals surface area contributed by atoms with Crippen LogP contribution in [-0.2, 0) is 6.54 Å². The molecule has 136 valence electrons. The molecule has 2 aromatic rings. The zero-order valence-electron chi connectivity index (χ0n) is 15.5. The minimum atomic E-state index is 0.226. The first-order chi connectivity index (χ1) is 11.9. The van der Waals surface area contributed by atoms with Gasteiger partial charge in [-0.2, -0.15) is 0 Å². The summed E-state index contributed by atoms with van der Waals surface area (Å²) in [6.45, 7) is 3.51. The van der Waals surface area contributed by atoms with E-state index in [9.17, 15) is 0 Å². The van der Waals surface area contributed by atoms with Crippen LogP contribution in [0.3, 0.4) is 0 Å². The number of aromatic nitrogens is 1. The standard InChI is InChI=1S/C18H26ClN5S/c1-13-22-16(12-25-13)11-24(5)18(20-2)21-10-17(23(3)4)14-6-8-15(19)9-7-14/h6-9,12,17H,10-11H2,1-5H3,(H,20,21). The molecular weight excluding hydrogens is 354 g/mol. The van der Waals surface area contributed by atoms with Gasteiger partial charge in [0.05, 0.1) is 23.3 Å². The van der Waals surface area contributed by atoms with Crippen LogP contribution in [0.25, 0.3) is 0 Å². The molecule has 1 heterocycles. The van der Waals surface area contributed by atoms with Crippen molar-refractivity contribution in [3.05, 3.63) is 50.9 Å². The third-order valence-electron chi connectivity index (χ3n) is 3.97. The van der Waals surface area contributed by atoms with Crippen LogP contribution in [0.1, 0.15) is 22.3 Å². The average Bonchev–Trinajstić information content (AvgIpc) is 2.97. The first kappa shape index (κ1) is 19.7. The Labute approximate surface area is 159 Å². The second-order valence-electron chi connectivity index (χ2n) is 6.17. The zero-order chi connectivity index (χ0) is 18.4. The van der Waals surface area contributed by atoms with Crippen molar-refractivity contribution in [1.82, 2.24) is 20.1 Å². The zero-order valence-corrected chi connectivity index (χ0v) is 17.0. The van der Waals surface area contributed by atoms with Gasteiger partial charge >= 0.3 is 0 Å². The molecule has 0 spiro atoms. The second kappa shape index (κ2) is 9.17. The maximum atomic E-state index is 6.01. The molecule has 0 saturated heterocycles. The molecule has 7 heteroatoms. The first-order valence-electron chi connectivity index (χ1n) is 8.15. The third-order valence-corrected chi connectivity index (χ3v) is 5.05. The summed E-state index contributed by atoms with van der Waals surface area (Å²) in [6.07, 6.45) is 0. The van der Waals surface area contributed by atoms with E-state index in [1.807, 2.05) is 26.1 Å². The van der Waals surface area contributed by atoms with Crippen molar-refractivity contribution < 1.29 is 0 Å². The lowest BCUT2D eigenvalue weighted by atomic mass is 10.1. The Kier molecular flexibility index (Phi) is 7.23. The Morgan fingerprint density at radius 3 is 2.48 bits per heavy atom. The Morgan fingerprint density at radius 1 is 1.28 bits per heavy atom. The molecule has 1 N–H and O–H groups in total. The van der Waals surface area contributed by atoms with Gasteiger partial charge < -0.3 is 15.1 Å². The third kappa shape index (κ3) is 5.70. The van der Waals surface area contributed by atoms with E-state index in [0.29, 0.717) is 0 Å². The quantitative estimate of drug-likeness (QED) is 0.617. The number of nitrogens with zero attached hydrogens (tertiary/aromatic N) is 4. The largest absolute Gasteiger partial charge is 0.354 e. The van der Waals surface area contributed by atoms with Gasteiger partial charge in [-0.3, -0.25) is 4.99 Å². The fourth-order valence-electron chi connectivity index (χ4n) is 2.65. The summed E-state index contributed by atoms with van der Waals surface area (Å²) in [7, 11) is 7.98. The number of aryl methyl sites for hydroxylation is 1. The van der Waals surface area contributed by atoms with Crippen molar-refractivity contribution in [3.8, 4) is 0 Å². The summed E-state index contributed by atoms with van der Waals surface area (Å²) >= 11 is 7.68. The number of rotatable bonds is 6.